The van der Waals surface area contributed by atoms with Crippen LogP contribution in [0.1, 0.15) is 44.7 Å². The molecular weight excluding hydrogens is 344 g/mol. The van der Waals surface area contributed by atoms with Crippen molar-refractivity contribution in [1.29, 1.82) is 0 Å². The maximum atomic E-state index is 11.9. The van der Waals surface area contributed by atoms with Crippen molar-refractivity contribution in [3.8, 4) is 0 Å². The third kappa shape index (κ3) is 7.83. The van der Waals surface area contributed by atoms with Crippen molar-refractivity contribution in [3.63, 3.8) is 0 Å². The van der Waals surface area contributed by atoms with Crippen LogP contribution < -0.4 is 5.32 Å². The van der Waals surface area contributed by atoms with E-state index in [9.17, 15) is 9.59 Å². The highest BCUT2D eigenvalue weighted by molar-refractivity contribution is 5.86. The Balaban J connectivity index is 1.76. The van der Waals surface area contributed by atoms with Gasteiger partial charge in [0.05, 0.1) is 7.11 Å². The van der Waals surface area contributed by atoms with E-state index in [0.29, 0.717) is 0 Å². The highest BCUT2D eigenvalue weighted by Crippen LogP contribution is 2.16. The second kappa shape index (κ2) is 9.55. The molecular formula is C21H30N2O4. The molecule has 0 bridgehead atoms. The van der Waals surface area contributed by atoms with E-state index in [1.807, 2.05) is 32.9 Å². The quantitative estimate of drug-likeness (QED) is 0.632. The zero-order valence-corrected chi connectivity index (χ0v) is 16.7. The van der Waals surface area contributed by atoms with Crippen LogP contribution in [0.4, 0.5) is 4.79 Å². The van der Waals surface area contributed by atoms with Gasteiger partial charge in [-0.15, -0.1) is 0 Å². The lowest BCUT2D eigenvalue weighted by atomic mass is 10.0. The number of nitrogens with zero attached hydrogens (tertiary/aromatic N) is 1. The molecule has 1 aliphatic rings. The zero-order chi connectivity index (χ0) is 19.9. The summed E-state index contributed by atoms with van der Waals surface area (Å²) in [5, 5.41) is 2.96. The average molecular weight is 374 g/mol. The van der Waals surface area contributed by atoms with Crippen molar-refractivity contribution in [2.24, 2.45) is 0 Å². The highest BCUT2D eigenvalue weighted by atomic mass is 16.6. The number of carbonyl (C=O) groups excluding carboxylic acids is 2. The van der Waals surface area contributed by atoms with Crippen molar-refractivity contribution in [3.05, 3.63) is 41.5 Å². The third-order valence-electron chi connectivity index (χ3n) is 4.31. The Hall–Kier alpha value is -2.34. The van der Waals surface area contributed by atoms with Gasteiger partial charge in [-0.1, -0.05) is 24.3 Å². The van der Waals surface area contributed by atoms with Crippen LogP contribution in [0.15, 0.2) is 30.3 Å². The van der Waals surface area contributed by atoms with Crippen LogP contribution >= 0.6 is 0 Å². The number of esters is 1. The van der Waals surface area contributed by atoms with Crippen molar-refractivity contribution in [2.75, 3.05) is 20.2 Å². The van der Waals surface area contributed by atoms with E-state index in [0.717, 1.165) is 38.0 Å². The number of alkyl carbamates (subject to hydrolysis) is 1. The van der Waals surface area contributed by atoms with Crippen molar-refractivity contribution < 1.29 is 19.1 Å². The molecule has 1 fully saturated rings. The molecule has 0 aliphatic carbocycles. The van der Waals surface area contributed by atoms with Gasteiger partial charge >= 0.3 is 12.1 Å². The van der Waals surface area contributed by atoms with Crippen LogP contribution in [0.25, 0.3) is 6.08 Å². The van der Waals surface area contributed by atoms with Crippen LogP contribution in [0, 0.1) is 0 Å². The Morgan fingerprint density at radius 1 is 1.19 bits per heavy atom. The first-order chi connectivity index (χ1) is 12.7. The molecule has 1 N–H and O–H groups in total. The summed E-state index contributed by atoms with van der Waals surface area (Å²) in [6.07, 6.45) is 4.65. The molecule has 27 heavy (non-hydrogen) atoms. The fourth-order valence-corrected chi connectivity index (χ4v) is 2.93. The van der Waals surface area contributed by atoms with Gasteiger partial charge in [0.1, 0.15) is 5.60 Å². The molecule has 0 radical (unpaired) electrons. The highest BCUT2D eigenvalue weighted by Gasteiger charge is 2.23. The van der Waals surface area contributed by atoms with Crippen LogP contribution in [0.5, 0.6) is 0 Å². The normalized spacial score (nSPS) is 16.3. The van der Waals surface area contributed by atoms with Gasteiger partial charge in [-0.05, 0) is 50.8 Å². The maximum absolute atomic E-state index is 11.9. The molecule has 6 nitrogen and oxygen atoms in total. The lowest BCUT2D eigenvalue weighted by Crippen LogP contribution is -2.45. The van der Waals surface area contributed by atoms with E-state index in [1.165, 1.54) is 18.7 Å². The van der Waals surface area contributed by atoms with Gasteiger partial charge < -0.3 is 14.8 Å². The van der Waals surface area contributed by atoms with Crippen LogP contribution in [-0.2, 0) is 20.8 Å². The minimum absolute atomic E-state index is 0.168. The number of likely N-dealkylation sites (tertiary alicyclic amines) is 1. The molecule has 1 heterocycles. The average Bonchev–Trinajstić information content (AvgIpc) is 2.61. The summed E-state index contributed by atoms with van der Waals surface area (Å²) in [5.41, 5.74) is 1.72. The lowest BCUT2D eigenvalue weighted by molar-refractivity contribution is -0.134. The molecule has 0 unspecified atom stereocenters. The third-order valence-corrected chi connectivity index (χ3v) is 4.31. The van der Waals surface area contributed by atoms with Crippen molar-refractivity contribution in [2.45, 2.75) is 51.8 Å². The summed E-state index contributed by atoms with van der Waals surface area (Å²) in [6, 6.07) is 8.29. The number of piperidine rings is 1. The first-order valence-electron chi connectivity index (χ1n) is 9.32. The molecule has 1 aromatic carbocycles. The number of ether oxygens (including phenoxy) is 2. The fourth-order valence-electron chi connectivity index (χ4n) is 2.93. The zero-order valence-electron chi connectivity index (χ0n) is 16.7. The Labute approximate surface area is 161 Å². The fraction of sp³-hybridized carbons (Fsp3) is 0.524. The predicted molar refractivity (Wildman–Crippen MR) is 105 cm³/mol. The van der Waals surface area contributed by atoms with Gasteiger partial charge in [-0.25, -0.2) is 9.59 Å². The lowest BCUT2D eigenvalue weighted by Gasteiger charge is -2.32. The van der Waals surface area contributed by atoms with E-state index in [1.54, 1.807) is 6.08 Å². The standard InChI is InChI=1S/C21H30N2O4/c1-21(2,3)27-20(25)22-18-11-13-23(14-12-18)15-17-7-5-16(6-8-17)9-10-19(24)26-4/h5-10,18H,11-15H2,1-4H3,(H,22,25). The van der Waals surface area contributed by atoms with E-state index in [2.05, 4.69) is 27.1 Å². The minimum atomic E-state index is -0.469. The Morgan fingerprint density at radius 2 is 1.81 bits per heavy atom. The van der Waals surface area contributed by atoms with Crippen LogP contribution in [-0.4, -0.2) is 48.8 Å². The Bertz CT molecular complexity index is 654. The van der Waals surface area contributed by atoms with E-state index in [-0.39, 0.29) is 18.1 Å². The minimum Gasteiger partial charge on any atom is -0.466 e. The molecule has 1 aromatic rings. The van der Waals surface area contributed by atoms with Crippen molar-refractivity contribution in [1.82, 2.24) is 10.2 Å². The summed E-state index contributed by atoms with van der Waals surface area (Å²) < 4.78 is 9.90. The molecule has 2 rings (SSSR count). The number of nitrogens with one attached hydrogen (secondary N) is 1. The number of methoxy groups -OCH3 is 1. The number of rotatable bonds is 5. The maximum Gasteiger partial charge on any atom is 0.407 e. The molecule has 6 heteroatoms. The number of amides is 1. The van der Waals surface area contributed by atoms with Crippen molar-refractivity contribution >= 4 is 18.1 Å². The molecule has 0 aromatic heterocycles. The van der Waals surface area contributed by atoms with Gasteiger partial charge in [0.25, 0.3) is 0 Å². The molecule has 0 saturated carbocycles. The largest absolute Gasteiger partial charge is 0.466 e. The summed E-state index contributed by atoms with van der Waals surface area (Å²) in [6.45, 7) is 8.35. The summed E-state index contributed by atoms with van der Waals surface area (Å²) in [7, 11) is 1.36. The number of hydrogen-bond donors (Lipinski definition) is 1. The number of carbonyl (C=O) groups is 2. The molecule has 1 amide bonds. The monoisotopic (exact) mass is 374 g/mol. The second-order valence-corrected chi connectivity index (χ2v) is 7.79. The summed E-state index contributed by atoms with van der Waals surface area (Å²) in [5.74, 6) is -0.359. The van der Waals surface area contributed by atoms with E-state index >= 15 is 0 Å². The molecule has 1 saturated heterocycles. The molecule has 1 aliphatic heterocycles. The topological polar surface area (TPSA) is 67.9 Å². The SMILES string of the molecule is COC(=O)C=Cc1ccc(CN2CCC(NC(=O)OC(C)(C)C)CC2)cc1. The van der Waals surface area contributed by atoms with Gasteiger partial charge in [-0.2, -0.15) is 0 Å². The van der Waals surface area contributed by atoms with E-state index < -0.39 is 5.60 Å². The van der Waals surface area contributed by atoms with Crippen LogP contribution in [0.3, 0.4) is 0 Å². The molecule has 148 valence electrons. The Morgan fingerprint density at radius 3 is 2.37 bits per heavy atom. The number of hydrogen-bond acceptors (Lipinski definition) is 5. The van der Waals surface area contributed by atoms with Gasteiger partial charge in [-0.3, -0.25) is 4.90 Å². The van der Waals surface area contributed by atoms with Gasteiger partial charge in [0.2, 0.25) is 0 Å². The summed E-state index contributed by atoms with van der Waals surface area (Å²) >= 11 is 0. The smallest absolute Gasteiger partial charge is 0.407 e. The predicted octanol–water partition coefficient (Wildman–Crippen LogP) is 3.36. The molecule has 0 spiro atoms. The number of benzene rings is 1. The van der Waals surface area contributed by atoms with Gasteiger partial charge in [0, 0.05) is 31.8 Å². The van der Waals surface area contributed by atoms with Crippen LogP contribution in [0.2, 0.25) is 0 Å². The first-order valence-corrected chi connectivity index (χ1v) is 9.32. The summed E-state index contributed by atoms with van der Waals surface area (Å²) in [4.78, 5) is 25.4. The van der Waals surface area contributed by atoms with E-state index in [4.69, 9.17) is 4.74 Å². The first kappa shape index (κ1) is 21.0. The van der Waals surface area contributed by atoms with Gasteiger partial charge in [0.15, 0.2) is 0 Å². The molecule has 0 atom stereocenters. The Kier molecular flexibility index (Phi) is 7.42. The second-order valence-electron chi connectivity index (χ2n) is 7.79.